The molecule has 0 bridgehead atoms. The lowest BCUT2D eigenvalue weighted by Crippen LogP contribution is -2.46. The standard InChI is InChI=1S/C19H38N2/c1-6-9-20-19-8-7-16(14(2)3)11-18(19)13-21(5)12-17-10-15(17)4/h14-20H,6-13H2,1-5H3. The van der Waals surface area contributed by atoms with Crippen LogP contribution in [0.5, 0.6) is 0 Å². The Hall–Kier alpha value is -0.0800. The van der Waals surface area contributed by atoms with Crippen LogP contribution in [0.15, 0.2) is 0 Å². The quantitative estimate of drug-likeness (QED) is 0.727. The Morgan fingerprint density at radius 1 is 1.10 bits per heavy atom. The van der Waals surface area contributed by atoms with Gasteiger partial charge in [0.2, 0.25) is 0 Å². The van der Waals surface area contributed by atoms with Crippen molar-refractivity contribution in [2.45, 2.75) is 65.8 Å². The molecule has 1 N–H and O–H groups in total. The molecule has 2 heteroatoms. The molecule has 0 spiro atoms. The molecule has 0 saturated heterocycles. The molecule has 2 rings (SSSR count). The number of nitrogens with one attached hydrogen (secondary N) is 1. The molecular formula is C19H38N2. The van der Waals surface area contributed by atoms with Crippen molar-refractivity contribution in [3.63, 3.8) is 0 Å². The molecule has 21 heavy (non-hydrogen) atoms. The second-order valence-corrected chi connectivity index (χ2v) is 8.33. The van der Waals surface area contributed by atoms with Gasteiger partial charge >= 0.3 is 0 Å². The molecule has 0 heterocycles. The maximum atomic E-state index is 3.84. The van der Waals surface area contributed by atoms with E-state index < -0.39 is 0 Å². The Morgan fingerprint density at radius 2 is 1.76 bits per heavy atom. The van der Waals surface area contributed by atoms with E-state index in [0.29, 0.717) is 0 Å². The van der Waals surface area contributed by atoms with Gasteiger partial charge in [-0.3, -0.25) is 0 Å². The van der Waals surface area contributed by atoms with E-state index in [9.17, 15) is 0 Å². The van der Waals surface area contributed by atoms with Gasteiger partial charge in [-0.1, -0.05) is 27.7 Å². The molecule has 2 aliphatic rings. The highest BCUT2D eigenvalue weighted by Gasteiger charge is 2.35. The van der Waals surface area contributed by atoms with E-state index in [-0.39, 0.29) is 0 Å². The first-order chi connectivity index (χ1) is 10.0. The van der Waals surface area contributed by atoms with Gasteiger partial charge in [-0.2, -0.15) is 0 Å². The van der Waals surface area contributed by atoms with Crippen LogP contribution >= 0.6 is 0 Å². The first-order valence-corrected chi connectivity index (χ1v) is 9.43. The Bertz CT molecular complexity index is 302. The number of hydrogen-bond donors (Lipinski definition) is 1. The van der Waals surface area contributed by atoms with Gasteiger partial charge in [-0.15, -0.1) is 0 Å². The summed E-state index contributed by atoms with van der Waals surface area (Å²) in [6.45, 7) is 13.3. The highest BCUT2D eigenvalue weighted by atomic mass is 15.1. The molecule has 0 amide bonds. The van der Waals surface area contributed by atoms with Gasteiger partial charge in [0.05, 0.1) is 0 Å². The summed E-state index contributed by atoms with van der Waals surface area (Å²) in [7, 11) is 2.35. The van der Waals surface area contributed by atoms with Crippen LogP contribution in [0.2, 0.25) is 0 Å². The molecule has 0 aromatic rings. The molecule has 0 aromatic heterocycles. The molecule has 2 saturated carbocycles. The molecule has 5 atom stereocenters. The zero-order chi connectivity index (χ0) is 15.4. The monoisotopic (exact) mass is 294 g/mol. The smallest absolute Gasteiger partial charge is 0.0108 e. The molecule has 0 aliphatic heterocycles. The lowest BCUT2D eigenvalue weighted by atomic mass is 9.73. The summed E-state index contributed by atoms with van der Waals surface area (Å²) in [6.07, 6.45) is 6.97. The van der Waals surface area contributed by atoms with Crippen molar-refractivity contribution in [2.75, 3.05) is 26.7 Å². The average Bonchev–Trinajstić information content (AvgIpc) is 3.12. The van der Waals surface area contributed by atoms with Crippen molar-refractivity contribution in [3.8, 4) is 0 Å². The van der Waals surface area contributed by atoms with Crippen molar-refractivity contribution < 1.29 is 0 Å². The minimum absolute atomic E-state index is 0.763. The molecular weight excluding hydrogens is 256 g/mol. The lowest BCUT2D eigenvalue weighted by molar-refractivity contribution is 0.130. The average molecular weight is 295 g/mol. The van der Waals surface area contributed by atoms with Gasteiger partial charge in [0.15, 0.2) is 0 Å². The zero-order valence-electron chi connectivity index (χ0n) is 15.1. The SMILES string of the molecule is CCCNC1CCC(C(C)C)CC1CN(C)CC1CC1C. The third-order valence-electron chi connectivity index (χ3n) is 5.99. The van der Waals surface area contributed by atoms with Gasteiger partial charge in [0, 0.05) is 19.1 Å². The molecule has 5 unspecified atom stereocenters. The fraction of sp³-hybridized carbons (Fsp3) is 1.00. The summed E-state index contributed by atoms with van der Waals surface area (Å²) >= 11 is 0. The summed E-state index contributed by atoms with van der Waals surface area (Å²) in [5.41, 5.74) is 0. The Labute approximate surface area is 133 Å². The summed E-state index contributed by atoms with van der Waals surface area (Å²) in [5.74, 6) is 4.63. The summed E-state index contributed by atoms with van der Waals surface area (Å²) < 4.78 is 0. The van der Waals surface area contributed by atoms with Gasteiger partial charge in [-0.05, 0) is 75.3 Å². The summed E-state index contributed by atoms with van der Waals surface area (Å²) in [4.78, 5) is 2.63. The van der Waals surface area contributed by atoms with Crippen molar-refractivity contribution >= 4 is 0 Å². The minimum Gasteiger partial charge on any atom is -0.314 e. The number of hydrogen-bond acceptors (Lipinski definition) is 2. The Morgan fingerprint density at radius 3 is 2.33 bits per heavy atom. The van der Waals surface area contributed by atoms with E-state index in [1.54, 1.807) is 0 Å². The van der Waals surface area contributed by atoms with E-state index in [1.807, 2.05) is 0 Å². The van der Waals surface area contributed by atoms with Crippen LogP contribution < -0.4 is 5.32 Å². The molecule has 2 aliphatic carbocycles. The maximum Gasteiger partial charge on any atom is 0.0108 e. The van der Waals surface area contributed by atoms with Gasteiger partial charge < -0.3 is 10.2 Å². The topological polar surface area (TPSA) is 15.3 Å². The summed E-state index contributed by atoms with van der Waals surface area (Å²) in [5, 5.41) is 3.84. The largest absolute Gasteiger partial charge is 0.314 e. The van der Waals surface area contributed by atoms with Crippen molar-refractivity contribution in [1.29, 1.82) is 0 Å². The Balaban J connectivity index is 1.85. The minimum atomic E-state index is 0.763. The highest BCUT2D eigenvalue weighted by molar-refractivity contribution is 4.89. The predicted octanol–water partition coefficient (Wildman–Crippen LogP) is 4.01. The number of rotatable bonds is 8. The lowest BCUT2D eigenvalue weighted by Gasteiger charge is -2.40. The predicted molar refractivity (Wildman–Crippen MR) is 92.5 cm³/mol. The van der Waals surface area contributed by atoms with Crippen LogP contribution in [-0.2, 0) is 0 Å². The fourth-order valence-corrected chi connectivity index (χ4v) is 4.23. The molecule has 0 radical (unpaired) electrons. The van der Waals surface area contributed by atoms with Gasteiger partial charge in [0.25, 0.3) is 0 Å². The fourth-order valence-electron chi connectivity index (χ4n) is 4.23. The highest BCUT2D eigenvalue weighted by Crippen LogP contribution is 2.39. The van der Waals surface area contributed by atoms with Gasteiger partial charge in [-0.25, -0.2) is 0 Å². The molecule has 124 valence electrons. The van der Waals surface area contributed by atoms with E-state index in [0.717, 1.165) is 35.6 Å². The van der Waals surface area contributed by atoms with Crippen LogP contribution in [0.4, 0.5) is 0 Å². The maximum absolute atomic E-state index is 3.84. The first-order valence-electron chi connectivity index (χ1n) is 9.43. The van der Waals surface area contributed by atoms with Crippen LogP contribution in [0.3, 0.4) is 0 Å². The zero-order valence-corrected chi connectivity index (χ0v) is 15.1. The van der Waals surface area contributed by atoms with Crippen molar-refractivity contribution in [3.05, 3.63) is 0 Å². The Kier molecular flexibility index (Phi) is 6.55. The van der Waals surface area contributed by atoms with E-state index in [4.69, 9.17) is 0 Å². The summed E-state index contributed by atoms with van der Waals surface area (Å²) in [6, 6.07) is 0.763. The van der Waals surface area contributed by atoms with E-state index >= 15 is 0 Å². The van der Waals surface area contributed by atoms with Crippen molar-refractivity contribution in [1.82, 2.24) is 10.2 Å². The van der Waals surface area contributed by atoms with E-state index in [1.165, 1.54) is 51.7 Å². The van der Waals surface area contributed by atoms with Crippen LogP contribution in [0, 0.1) is 29.6 Å². The third-order valence-corrected chi connectivity index (χ3v) is 5.99. The van der Waals surface area contributed by atoms with Crippen LogP contribution in [0.25, 0.3) is 0 Å². The van der Waals surface area contributed by atoms with Crippen LogP contribution in [0.1, 0.15) is 59.8 Å². The molecule has 2 fully saturated rings. The van der Waals surface area contributed by atoms with E-state index in [2.05, 4.69) is 45.0 Å². The van der Waals surface area contributed by atoms with Gasteiger partial charge in [0.1, 0.15) is 0 Å². The first kappa shape index (κ1) is 17.3. The second-order valence-electron chi connectivity index (χ2n) is 8.33. The third kappa shape index (κ3) is 5.25. The van der Waals surface area contributed by atoms with Crippen LogP contribution in [-0.4, -0.2) is 37.6 Å². The molecule has 0 aromatic carbocycles. The normalized spacial score (nSPS) is 36.4. The van der Waals surface area contributed by atoms with Crippen molar-refractivity contribution in [2.24, 2.45) is 29.6 Å². The molecule has 2 nitrogen and oxygen atoms in total. The second kappa shape index (κ2) is 7.97. The number of nitrogens with zero attached hydrogens (tertiary/aromatic N) is 1.